The normalized spacial score (nSPS) is 12.3. The highest BCUT2D eigenvalue weighted by Gasteiger charge is 2.48. The van der Waals surface area contributed by atoms with Crippen molar-refractivity contribution in [1.82, 2.24) is 30.5 Å². The molecule has 0 saturated heterocycles. The molecular weight excluding hydrogens is 1060 g/mol. The molecule has 3 amide bonds. The number of halogens is 2. The number of nitrogens with zero attached hydrogens (tertiary/aromatic N) is 4. The van der Waals surface area contributed by atoms with Crippen molar-refractivity contribution in [3.8, 4) is 22.8 Å². The van der Waals surface area contributed by atoms with Gasteiger partial charge in [0.2, 0.25) is 11.8 Å². The predicted molar refractivity (Wildman–Crippen MR) is 291 cm³/mol. The lowest BCUT2D eigenvalue weighted by Crippen LogP contribution is -2.62. The Labute approximate surface area is 460 Å². The number of esters is 1. The fourth-order valence-electron chi connectivity index (χ4n) is 8.83. The van der Waals surface area contributed by atoms with Gasteiger partial charge in [-0.25, -0.2) is 46.5 Å². The summed E-state index contributed by atoms with van der Waals surface area (Å²) in [7, 11) is -3.30. The SMILES string of the molecule is COc1ncc(-c2cc(OCCCC(=O)NCCCC[C@H](NC(=O)N(Cc3ccccc3)[C@](CCC(=O)O)(Cc3ccccc3)C(=O)O)C(=O)OCc3ccccc3)c3ncnc(C)c3c2)cc1NS(=O)(=O)c1ccc(F)cc1F. The molecule has 0 radical (unpaired) electrons. The van der Waals surface area contributed by atoms with Crippen LogP contribution in [-0.4, -0.2) is 100 Å². The summed E-state index contributed by atoms with van der Waals surface area (Å²) in [5.74, 6) is -5.80. The van der Waals surface area contributed by atoms with Crippen molar-refractivity contribution in [1.29, 1.82) is 0 Å². The topological polar surface area (TPSA) is 266 Å². The van der Waals surface area contributed by atoms with E-state index in [1.54, 1.807) is 110 Å². The fraction of sp³-hybridized carbons (Fsp3) is 0.276. The Kier molecular flexibility index (Phi) is 20.2. The number of pyridine rings is 1. The number of fused-ring (bicyclic) bond motifs is 1. The summed E-state index contributed by atoms with van der Waals surface area (Å²) in [5.41, 5.74) is 1.55. The Balaban J connectivity index is 0.999. The second-order valence-electron chi connectivity index (χ2n) is 18.6. The summed E-state index contributed by atoms with van der Waals surface area (Å²) < 4.78 is 74.1. The highest BCUT2D eigenvalue weighted by atomic mass is 32.2. The first-order chi connectivity index (χ1) is 38.5. The highest BCUT2D eigenvalue weighted by molar-refractivity contribution is 7.92. The number of methoxy groups -OCH3 is 1. The molecule has 0 spiro atoms. The van der Waals surface area contributed by atoms with Gasteiger partial charge in [0, 0.05) is 61.3 Å². The molecular formula is C58H59F2N7O12S. The second kappa shape index (κ2) is 27.5. The van der Waals surface area contributed by atoms with Crippen LogP contribution in [0.25, 0.3) is 22.0 Å². The summed E-state index contributed by atoms with van der Waals surface area (Å²) in [6.07, 6.45) is 2.58. The number of carboxylic acid groups (broad SMARTS) is 2. The predicted octanol–water partition coefficient (Wildman–Crippen LogP) is 8.79. The number of carbonyl (C=O) groups excluding carboxylic acids is 3. The van der Waals surface area contributed by atoms with Gasteiger partial charge < -0.3 is 40.0 Å². The first kappa shape index (κ1) is 58.6. The lowest BCUT2D eigenvalue weighted by atomic mass is 9.84. The number of hydrogen-bond donors (Lipinski definition) is 5. The molecule has 2 atom stereocenters. The molecule has 22 heteroatoms. The molecule has 0 fully saturated rings. The van der Waals surface area contributed by atoms with E-state index in [0.29, 0.717) is 69.1 Å². The average Bonchev–Trinajstić information content (AvgIpc) is 3.46. The van der Waals surface area contributed by atoms with E-state index in [4.69, 9.17) is 14.2 Å². The van der Waals surface area contributed by atoms with Crippen molar-refractivity contribution in [3.63, 3.8) is 0 Å². The second-order valence-corrected chi connectivity index (χ2v) is 20.3. The van der Waals surface area contributed by atoms with Gasteiger partial charge in [0.05, 0.1) is 13.7 Å². The van der Waals surface area contributed by atoms with Crippen LogP contribution in [0.5, 0.6) is 11.6 Å². The lowest BCUT2D eigenvalue weighted by molar-refractivity contribution is -0.151. The van der Waals surface area contributed by atoms with Gasteiger partial charge in [-0.1, -0.05) is 91.0 Å². The molecule has 0 bridgehead atoms. The van der Waals surface area contributed by atoms with E-state index in [2.05, 4.69) is 30.3 Å². The number of amides is 3. The summed E-state index contributed by atoms with van der Waals surface area (Å²) in [4.78, 5) is 80.5. The van der Waals surface area contributed by atoms with Crippen molar-refractivity contribution in [2.75, 3.05) is 25.0 Å². The van der Waals surface area contributed by atoms with Crippen molar-refractivity contribution in [2.24, 2.45) is 0 Å². The van der Waals surface area contributed by atoms with E-state index < -0.39 is 74.9 Å². The summed E-state index contributed by atoms with van der Waals surface area (Å²) in [6.45, 7) is 1.68. The van der Waals surface area contributed by atoms with E-state index in [0.717, 1.165) is 17.0 Å². The third-order valence-electron chi connectivity index (χ3n) is 13.0. The largest absolute Gasteiger partial charge is 0.491 e. The molecule has 0 aliphatic carbocycles. The minimum Gasteiger partial charge on any atom is -0.491 e. The number of aryl methyl sites for hydroxylation is 1. The van der Waals surface area contributed by atoms with Crippen LogP contribution in [-0.2, 0) is 53.5 Å². The minimum absolute atomic E-state index is 0.0334. The number of rotatable bonds is 28. The van der Waals surface area contributed by atoms with Crippen LogP contribution in [0.4, 0.5) is 19.3 Å². The van der Waals surface area contributed by atoms with Gasteiger partial charge in [-0.2, -0.15) is 0 Å². The molecule has 5 N–H and O–H groups in total. The Morgan fingerprint density at radius 1 is 0.775 bits per heavy atom. The van der Waals surface area contributed by atoms with Crippen LogP contribution in [0.1, 0.15) is 67.3 Å². The number of benzene rings is 5. The van der Waals surface area contributed by atoms with Crippen LogP contribution >= 0.6 is 0 Å². The molecule has 0 unspecified atom stereocenters. The van der Waals surface area contributed by atoms with Crippen LogP contribution in [0, 0.1) is 18.6 Å². The zero-order valence-corrected chi connectivity index (χ0v) is 44.6. The maximum Gasteiger partial charge on any atom is 0.330 e. The smallest absolute Gasteiger partial charge is 0.330 e. The van der Waals surface area contributed by atoms with Gasteiger partial charge in [-0.05, 0) is 91.6 Å². The van der Waals surface area contributed by atoms with Gasteiger partial charge in [-0.15, -0.1) is 0 Å². The van der Waals surface area contributed by atoms with Crippen molar-refractivity contribution in [2.45, 2.75) is 87.9 Å². The Morgan fingerprint density at radius 2 is 1.46 bits per heavy atom. The quantitative estimate of drug-likeness (QED) is 0.0227. The third kappa shape index (κ3) is 15.6. The number of sulfonamides is 1. The lowest BCUT2D eigenvalue weighted by Gasteiger charge is -2.41. The number of unbranched alkanes of at least 4 members (excludes halogenated alkanes) is 1. The maximum atomic E-state index is 14.7. The molecule has 0 aliphatic rings. The van der Waals surface area contributed by atoms with Crippen LogP contribution < -0.4 is 24.8 Å². The first-order valence-electron chi connectivity index (χ1n) is 25.4. The van der Waals surface area contributed by atoms with E-state index in [-0.39, 0.29) is 69.5 Å². The monoisotopic (exact) mass is 1120 g/mol. The molecule has 5 aromatic carbocycles. The number of nitrogens with one attached hydrogen (secondary N) is 3. The molecule has 0 saturated carbocycles. The highest BCUT2D eigenvalue weighted by Crippen LogP contribution is 2.36. The molecule has 418 valence electrons. The number of carboxylic acids is 2. The van der Waals surface area contributed by atoms with Crippen LogP contribution in [0.3, 0.4) is 0 Å². The van der Waals surface area contributed by atoms with Crippen LogP contribution in [0.2, 0.25) is 0 Å². The molecule has 7 rings (SSSR count). The van der Waals surface area contributed by atoms with E-state index in [1.807, 2.05) is 0 Å². The van der Waals surface area contributed by atoms with Crippen LogP contribution in [0.15, 0.2) is 145 Å². The van der Waals surface area contributed by atoms with Crippen molar-refractivity contribution < 1.29 is 65.6 Å². The molecule has 2 aromatic heterocycles. The number of carbonyl (C=O) groups is 5. The summed E-state index contributed by atoms with van der Waals surface area (Å²) in [5, 5.41) is 27.0. The molecule has 7 aromatic rings. The average molecular weight is 1120 g/mol. The standard InChI is InChI=1S/C58H59F2N7O12S/c1-38-45-29-42(43-30-48(54(77-2)62-34-43)66-80(75,76)50-24-23-44(59)32-46(50)60)31-49(53(45)64-37-63-38)78-28-14-22-51(68)61-27-13-12-21-47(55(71)79-36-41-19-10-5-11-20-41)65-57(74)67(35-40-17-8-4-9-18-40)58(56(72)73,26-25-52(69)70)33-39-15-6-3-7-16-39/h3-11,15-20,23-24,29-32,34,37,47,66H,12-14,21-22,25-28,33,35-36H2,1-2H3,(H,61,68)(H,65,74)(H,69,70)(H,72,73)/t47-,58+/m0/s1. The summed E-state index contributed by atoms with van der Waals surface area (Å²) in [6, 6.07) is 30.8. The number of aromatic nitrogens is 3. The van der Waals surface area contributed by atoms with Crippen molar-refractivity contribution in [3.05, 3.63) is 174 Å². The molecule has 80 heavy (non-hydrogen) atoms. The number of anilines is 1. The molecule has 0 aliphatic heterocycles. The first-order valence-corrected chi connectivity index (χ1v) is 26.9. The Hall–Kier alpha value is -9.05. The Bertz CT molecular complexity index is 3420. The van der Waals surface area contributed by atoms with E-state index in [1.165, 1.54) is 25.7 Å². The number of ether oxygens (including phenoxy) is 3. The van der Waals surface area contributed by atoms with Gasteiger partial charge in [0.25, 0.3) is 10.0 Å². The van der Waals surface area contributed by atoms with Gasteiger partial charge in [0.1, 0.15) is 58.0 Å². The molecule has 2 heterocycles. The minimum atomic E-state index is -4.57. The zero-order valence-electron chi connectivity index (χ0n) is 43.8. The van der Waals surface area contributed by atoms with Gasteiger partial charge in [0.15, 0.2) is 0 Å². The van der Waals surface area contributed by atoms with Gasteiger partial charge in [-0.3, -0.25) is 14.3 Å². The number of hydrogen-bond acceptors (Lipinski definition) is 13. The number of urea groups is 1. The van der Waals surface area contributed by atoms with E-state index >= 15 is 0 Å². The zero-order chi connectivity index (χ0) is 57.2. The summed E-state index contributed by atoms with van der Waals surface area (Å²) >= 11 is 0. The maximum absolute atomic E-state index is 14.7. The van der Waals surface area contributed by atoms with Gasteiger partial charge >= 0.3 is 23.9 Å². The van der Waals surface area contributed by atoms with Crippen molar-refractivity contribution >= 4 is 56.5 Å². The fourth-order valence-corrected chi connectivity index (χ4v) is 9.94. The number of aliphatic carboxylic acids is 2. The Morgan fingerprint density at radius 3 is 2.12 bits per heavy atom. The molecule has 19 nitrogen and oxygen atoms in total. The van der Waals surface area contributed by atoms with E-state index in [9.17, 15) is 51.4 Å². The third-order valence-corrected chi connectivity index (χ3v) is 14.4.